The summed E-state index contributed by atoms with van der Waals surface area (Å²) in [5.41, 5.74) is 1.06. The number of carbonyl (C=O) groups excluding carboxylic acids is 2. The lowest BCUT2D eigenvalue weighted by Gasteiger charge is -2.34. The summed E-state index contributed by atoms with van der Waals surface area (Å²) in [7, 11) is -2.64. The molecule has 0 aliphatic heterocycles. The number of aliphatic hydroxyl groups excluding tert-OH is 1. The van der Waals surface area contributed by atoms with E-state index in [9.17, 15) is 19.3 Å². The molecule has 0 spiro atoms. The van der Waals surface area contributed by atoms with Crippen molar-refractivity contribution in [2.75, 3.05) is 13.7 Å². The molecule has 0 saturated heterocycles. The van der Waals surface area contributed by atoms with Gasteiger partial charge in [0.25, 0.3) is 0 Å². The van der Waals surface area contributed by atoms with E-state index in [2.05, 4.69) is 10.6 Å². The summed E-state index contributed by atoms with van der Waals surface area (Å²) in [5.74, 6) is -1.56. The van der Waals surface area contributed by atoms with E-state index >= 15 is 0 Å². The minimum atomic E-state index is -3.90. The van der Waals surface area contributed by atoms with Crippen LogP contribution < -0.4 is 10.6 Å². The number of hydrogen-bond donors (Lipinski definition) is 3. The Bertz CT molecular complexity index is 888. The lowest BCUT2D eigenvalue weighted by atomic mass is 9.85. The van der Waals surface area contributed by atoms with Gasteiger partial charge in [0.2, 0.25) is 11.8 Å². The number of rotatable bonds is 16. The first kappa shape index (κ1) is 32.5. The van der Waals surface area contributed by atoms with Crippen molar-refractivity contribution in [3.63, 3.8) is 0 Å². The van der Waals surface area contributed by atoms with Crippen molar-refractivity contribution >= 4 is 19.4 Å². The maximum Gasteiger partial charge on any atom is 0.360 e. The molecule has 1 aliphatic carbocycles. The minimum Gasteiger partial charge on any atom is -0.379 e. The molecule has 8 nitrogen and oxygen atoms in total. The summed E-state index contributed by atoms with van der Waals surface area (Å²) in [6.07, 6.45) is 7.13. The first-order chi connectivity index (χ1) is 18.0. The van der Waals surface area contributed by atoms with E-state index in [-0.39, 0.29) is 30.8 Å². The molecule has 1 aliphatic rings. The molecule has 9 heteroatoms. The summed E-state index contributed by atoms with van der Waals surface area (Å²) in [5, 5.41) is 17.1. The first-order valence-electron chi connectivity index (χ1n) is 14.2. The fourth-order valence-corrected chi connectivity index (χ4v) is 6.52. The Morgan fingerprint density at radius 2 is 1.68 bits per heavy atom. The zero-order valence-electron chi connectivity index (χ0n) is 23.9. The second kappa shape index (κ2) is 16.4. The van der Waals surface area contributed by atoms with Gasteiger partial charge in [-0.3, -0.25) is 14.2 Å². The molecule has 1 saturated carbocycles. The second-order valence-corrected chi connectivity index (χ2v) is 13.6. The summed E-state index contributed by atoms with van der Waals surface area (Å²) in [6.45, 7) is 7.99. The van der Waals surface area contributed by atoms with Crippen molar-refractivity contribution in [3.8, 4) is 0 Å². The SMILES string of the molecule is COP(=O)(OCC(C)C)C(O)C(CC1CCCCC1)NC(=O)[C@H](CC(C)C)NC(=O)CCc1ccccc1. The van der Waals surface area contributed by atoms with E-state index < -0.39 is 31.4 Å². The zero-order valence-corrected chi connectivity index (χ0v) is 24.8. The van der Waals surface area contributed by atoms with Gasteiger partial charge in [-0.15, -0.1) is 0 Å². The van der Waals surface area contributed by atoms with E-state index in [1.165, 1.54) is 13.5 Å². The van der Waals surface area contributed by atoms with Crippen LogP contribution in [0.25, 0.3) is 0 Å². The van der Waals surface area contributed by atoms with Gasteiger partial charge in [0.15, 0.2) is 5.85 Å². The molecular formula is C29H49N2O6P. The van der Waals surface area contributed by atoms with Gasteiger partial charge in [-0.05, 0) is 42.6 Å². The van der Waals surface area contributed by atoms with Crippen molar-refractivity contribution < 1.29 is 28.3 Å². The van der Waals surface area contributed by atoms with E-state index in [0.717, 1.165) is 31.2 Å². The van der Waals surface area contributed by atoms with Crippen LogP contribution in [0.2, 0.25) is 0 Å². The molecule has 38 heavy (non-hydrogen) atoms. The molecule has 2 rings (SSSR count). The van der Waals surface area contributed by atoms with Gasteiger partial charge in [0.1, 0.15) is 6.04 Å². The van der Waals surface area contributed by atoms with Crippen LogP contribution in [0, 0.1) is 17.8 Å². The molecule has 0 heterocycles. The van der Waals surface area contributed by atoms with Crippen molar-refractivity contribution in [1.82, 2.24) is 10.6 Å². The third-order valence-corrected chi connectivity index (χ3v) is 9.03. The molecule has 1 aromatic rings. The van der Waals surface area contributed by atoms with Crippen LogP contribution in [0.1, 0.15) is 84.6 Å². The number of amides is 2. The van der Waals surface area contributed by atoms with Crippen molar-refractivity contribution in [2.24, 2.45) is 17.8 Å². The number of aryl methyl sites for hydroxylation is 1. The van der Waals surface area contributed by atoms with Gasteiger partial charge >= 0.3 is 7.60 Å². The molecule has 0 aromatic heterocycles. The Kier molecular flexibility index (Phi) is 14.0. The summed E-state index contributed by atoms with van der Waals surface area (Å²) >= 11 is 0. The summed E-state index contributed by atoms with van der Waals surface area (Å²) in [4.78, 5) is 26.3. The number of nitrogens with one attached hydrogen (secondary N) is 2. The van der Waals surface area contributed by atoms with Crippen molar-refractivity contribution in [3.05, 3.63) is 35.9 Å². The Balaban J connectivity index is 2.15. The molecule has 1 fully saturated rings. The lowest BCUT2D eigenvalue weighted by molar-refractivity contribution is -0.130. The van der Waals surface area contributed by atoms with Crippen LogP contribution in [-0.4, -0.2) is 48.6 Å². The fourth-order valence-electron chi connectivity index (χ4n) is 4.90. The van der Waals surface area contributed by atoms with Gasteiger partial charge in [0, 0.05) is 13.5 Å². The second-order valence-electron chi connectivity index (χ2n) is 11.4. The highest BCUT2D eigenvalue weighted by Gasteiger charge is 2.42. The Morgan fingerprint density at radius 3 is 2.26 bits per heavy atom. The van der Waals surface area contributed by atoms with Gasteiger partial charge in [-0.2, -0.15) is 0 Å². The maximum atomic E-state index is 13.5. The van der Waals surface area contributed by atoms with E-state index in [4.69, 9.17) is 9.05 Å². The number of hydrogen-bond acceptors (Lipinski definition) is 6. The molecule has 3 unspecified atom stereocenters. The molecule has 0 bridgehead atoms. The number of carbonyl (C=O) groups is 2. The first-order valence-corrected chi connectivity index (χ1v) is 15.8. The quantitative estimate of drug-likeness (QED) is 0.236. The zero-order chi connectivity index (χ0) is 28.1. The molecule has 2 amide bonds. The van der Waals surface area contributed by atoms with Crippen LogP contribution in [0.5, 0.6) is 0 Å². The summed E-state index contributed by atoms with van der Waals surface area (Å²) in [6, 6.07) is 8.16. The summed E-state index contributed by atoms with van der Waals surface area (Å²) < 4.78 is 24.3. The normalized spacial score (nSPS) is 18.5. The van der Waals surface area contributed by atoms with E-state index in [1.54, 1.807) is 0 Å². The Labute approximate surface area is 229 Å². The highest BCUT2D eigenvalue weighted by molar-refractivity contribution is 7.54. The average molecular weight is 553 g/mol. The van der Waals surface area contributed by atoms with Crippen molar-refractivity contribution in [2.45, 2.75) is 103 Å². The smallest absolute Gasteiger partial charge is 0.360 e. The Morgan fingerprint density at radius 1 is 1.03 bits per heavy atom. The molecule has 1 aromatic carbocycles. The topological polar surface area (TPSA) is 114 Å². The maximum absolute atomic E-state index is 13.5. The number of benzene rings is 1. The molecule has 0 radical (unpaired) electrons. The monoisotopic (exact) mass is 552 g/mol. The van der Waals surface area contributed by atoms with Gasteiger partial charge in [-0.25, -0.2) is 0 Å². The minimum absolute atomic E-state index is 0.0959. The average Bonchev–Trinajstić information content (AvgIpc) is 2.90. The predicted octanol–water partition coefficient (Wildman–Crippen LogP) is 5.44. The van der Waals surface area contributed by atoms with Gasteiger partial charge in [0.05, 0.1) is 12.6 Å². The van der Waals surface area contributed by atoms with Gasteiger partial charge in [-0.1, -0.05) is 90.1 Å². The van der Waals surface area contributed by atoms with Crippen LogP contribution in [0.4, 0.5) is 0 Å². The van der Waals surface area contributed by atoms with Crippen LogP contribution in [0.3, 0.4) is 0 Å². The largest absolute Gasteiger partial charge is 0.379 e. The molecular weight excluding hydrogens is 503 g/mol. The van der Waals surface area contributed by atoms with Crippen molar-refractivity contribution in [1.29, 1.82) is 0 Å². The van der Waals surface area contributed by atoms with Crippen LogP contribution >= 0.6 is 7.60 Å². The lowest BCUT2D eigenvalue weighted by Crippen LogP contribution is -2.53. The highest BCUT2D eigenvalue weighted by atomic mass is 31.2. The highest BCUT2D eigenvalue weighted by Crippen LogP contribution is 2.53. The third kappa shape index (κ3) is 11.2. The predicted molar refractivity (Wildman–Crippen MR) is 151 cm³/mol. The molecule has 4 atom stereocenters. The van der Waals surface area contributed by atoms with E-state index in [0.29, 0.717) is 25.2 Å². The Hall–Kier alpha value is -1.73. The van der Waals surface area contributed by atoms with Crippen LogP contribution in [-0.2, 0) is 29.6 Å². The molecule has 216 valence electrons. The molecule has 3 N–H and O–H groups in total. The third-order valence-electron chi connectivity index (χ3n) is 7.01. The van der Waals surface area contributed by atoms with E-state index in [1.807, 2.05) is 58.0 Å². The fraction of sp³-hybridized carbons (Fsp3) is 0.724. The van der Waals surface area contributed by atoms with Gasteiger partial charge < -0.3 is 24.8 Å². The number of aliphatic hydroxyl groups is 1. The van der Waals surface area contributed by atoms with Crippen LogP contribution in [0.15, 0.2) is 30.3 Å². The standard InChI is InChI=1S/C29H49N2O6P/c1-21(2)18-25(30-27(32)17-16-23-12-8-6-9-13-23)28(33)31-26(19-24-14-10-7-11-15-24)29(34)38(35,36-5)37-20-22(3)4/h6,8-9,12-13,21-22,24-26,29,34H,7,10-11,14-20H2,1-5H3,(H,30,32)(H,31,33)/t25-,26?,29?,38?/m0/s1.